The van der Waals surface area contributed by atoms with Crippen molar-refractivity contribution in [3.05, 3.63) is 70.1 Å². The fourth-order valence-electron chi connectivity index (χ4n) is 2.63. The molecule has 0 atom stereocenters. The van der Waals surface area contributed by atoms with E-state index in [1.807, 2.05) is 12.1 Å². The number of hydrogen-bond acceptors (Lipinski definition) is 4. The lowest BCUT2D eigenvalue weighted by atomic mass is 9.87. The van der Waals surface area contributed by atoms with E-state index in [2.05, 4.69) is 25.9 Å². The van der Waals surface area contributed by atoms with Gasteiger partial charge in [0.05, 0.1) is 5.39 Å². The number of esters is 1. The third-order valence-electron chi connectivity index (χ3n) is 4.08. The standard InChI is InChI=1S/C20H20N2O3/c1-20(2,3)13-9-11-14(12-10-13)25-19(24)17-15-7-5-6-8-16(15)18(23)22(4)21-17/h5-12H,1-4H3. The smallest absolute Gasteiger partial charge is 0.364 e. The van der Waals surface area contributed by atoms with E-state index in [1.54, 1.807) is 36.4 Å². The molecule has 5 heteroatoms. The van der Waals surface area contributed by atoms with E-state index in [1.165, 1.54) is 7.05 Å². The van der Waals surface area contributed by atoms with Crippen molar-refractivity contribution in [2.45, 2.75) is 26.2 Å². The Labute approximate surface area is 145 Å². The molecule has 0 spiro atoms. The van der Waals surface area contributed by atoms with E-state index < -0.39 is 5.97 Å². The number of aromatic nitrogens is 2. The molecule has 0 saturated carbocycles. The van der Waals surface area contributed by atoms with Crippen LogP contribution in [0.2, 0.25) is 0 Å². The van der Waals surface area contributed by atoms with Gasteiger partial charge in [0.2, 0.25) is 0 Å². The highest BCUT2D eigenvalue weighted by molar-refractivity contribution is 6.02. The number of ether oxygens (including phenoxy) is 1. The van der Waals surface area contributed by atoms with E-state index in [9.17, 15) is 9.59 Å². The third kappa shape index (κ3) is 3.31. The monoisotopic (exact) mass is 336 g/mol. The van der Waals surface area contributed by atoms with Crippen molar-refractivity contribution >= 4 is 16.7 Å². The first-order valence-electron chi connectivity index (χ1n) is 8.06. The van der Waals surface area contributed by atoms with Crippen LogP contribution in [0.15, 0.2) is 53.3 Å². The summed E-state index contributed by atoms with van der Waals surface area (Å²) in [7, 11) is 1.52. The van der Waals surface area contributed by atoms with Crippen LogP contribution < -0.4 is 10.3 Å². The van der Waals surface area contributed by atoms with Gasteiger partial charge >= 0.3 is 5.97 Å². The van der Waals surface area contributed by atoms with Crippen molar-refractivity contribution in [2.24, 2.45) is 7.05 Å². The van der Waals surface area contributed by atoms with Crippen LogP contribution >= 0.6 is 0 Å². The lowest BCUT2D eigenvalue weighted by molar-refractivity contribution is 0.0728. The molecule has 128 valence electrons. The highest BCUT2D eigenvalue weighted by Gasteiger charge is 2.18. The summed E-state index contributed by atoms with van der Waals surface area (Å²) in [4.78, 5) is 24.7. The predicted octanol–water partition coefficient (Wildman–Crippen LogP) is 3.45. The Morgan fingerprint density at radius 3 is 2.20 bits per heavy atom. The largest absolute Gasteiger partial charge is 0.422 e. The number of carbonyl (C=O) groups is 1. The molecular formula is C20H20N2O3. The van der Waals surface area contributed by atoms with Crippen LogP contribution in [0.1, 0.15) is 36.8 Å². The van der Waals surface area contributed by atoms with Crippen LogP contribution in [0, 0.1) is 0 Å². The Kier molecular flexibility index (Phi) is 4.17. The molecule has 0 aliphatic carbocycles. The van der Waals surface area contributed by atoms with E-state index in [-0.39, 0.29) is 16.7 Å². The van der Waals surface area contributed by atoms with Gasteiger partial charge in [-0.05, 0) is 29.2 Å². The Morgan fingerprint density at radius 2 is 1.60 bits per heavy atom. The number of rotatable bonds is 2. The quantitative estimate of drug-likeness (QED) is 0.531. The van der Waals surface area contributed by atoms with Crippen LogP contribution in [0.25, 0.3) is 10.8 Å². The number of nitrogens with zero attached hydrogens (tertiary/aromatic N) is 2. The molecule has 0 N–H and O–H groups in total. The molecule has 0 fully saturated rings. The highest BCUT2D eigenvalue weighted by atomic mass is 16.5. The first kappa shape index (κ1) is 16.9. The maximum atomic E-state index is 12.6. The second kappa shape index (κ2) is 6.16. The number of hydrogen-bond donors (Lipinski definition) is 0. The Bertz CT molecular complexity index is 996. The van der Waals surface area contributed by atoms with Gasteiger partial charge in [0, 0.05) is 12.4 Å². The van der Waals surface area contributed by atoms with Gasteiger partial charge in [-0.25, -0.2) is 9.48 Å². The summed E-state index contributed by atoms with van der Waals surface area (Å²) >= 11 is 0. The van der Waals surface area contributed by atoms with Gasteiger partial charge in [0.15, 0.2) is 5.69 Å². The fraction of sp³-hybridized carbons (Fsp3) is 0.250. The number of benzene rings is 2. The minimum atomic E-state index is -0.588. The fourth-order valence-corrected chi connectivity index (χ4v) is 2.63. The van der Waals surface area contributed by atoms with Gasteiger partial charge < -0.3 is 4.74 Å². The maximum Gasteiger partial charge on any atom is 0.364 e. The summed E-state index contributed by atoms with van der Waals surface area (Å²) in [6.45, 7) is 6.36. The van der Waals surface area contributed by atoms with Crippen LogP contribution in [0.3, 0.4) is 0 Å². The summed E-state index contributed by atoms with van der Waals surface area (Å²) in [6.07, 6.45) is 0. The summed E-state index contributed by atoms with van der Waals surface area (Å²) in [5.74, 6) is -0.145. The van der Waals surface area contributed by atoms with Crippen molar-refractivity contribution in [3.63, 3.8) is 0 Å². The molecule has 0 unspecified atom stereocenters. The second-order valence-electron chi connectivity index (χ2n) is 6.99. The molecule has 0 saturated heterocycles. The van der Waals surface area contributed by atoms with Crippen LogP contribution in [-0.4, -0.2) is 15.7 Å². The predicted molar refractivity (Wildman–Crippen MR) is 97.1 cm³/mol. The molecule has 0 aliphatic heterocycles. The Hall–Kier alpha value is -2.95. The minimum absolute atomic E-state index is 0.0258. The SMILES string of the molecule is Cn1nc(C(=O)Oc2ccc(C(C)(C)C)cc2)c2ccccc2c1=O. The minimum Gasteiger partial charge on any atom is -0.422 e. The Balaban J connectivity index is 1.96. The van der Waals surface area contributed by atoms with Crippen molar-refractivity contribution in [1.29, 1.82) is 0 Å². The zero-order valence-corrected chi connectivity index (χ0v) is 14.7. The van der Waals surface area contributed by atoms with Gasteiger partial charge in [-0.3, -0.25) is 4.79 Å². The molecule has 5 nitrogen and oxygen atoms in total. The van der Waals surface area contributed by atoms with Crippen LogP contribution in [0.4, 0.5) is 0 Å². The van der Waals surface area contributed by atoms with Gasteiger partial charge in [0.25, 0.3) is 5.56 Å². The molecule has 0 aliphatic rings. The molecule has 3 aromatic rings. The van der Waals surface area contributed by atoms with Gasteiger partial charge in [-0.15, -0.1) is 0 Å². The topological polar surface area (TPSA) is 61.2 Å². The number of aryl methyl sites for hydroxylation is 1. The first-order valence-corrected chi connectivity index (χ1v) is 8.06. The molecular weight excluding hydrogens is 316 g/mol. The zero-order valence-electron chi connectivity index (χ0n) is 14.7. The van der Waals surface area contributed by atoms with Crippen molar-refractivity contribution in [3.8, 4) is 5.75 Å². The van der Waals surface area contributed by atoms with E-state index in [0.717, 1.165) is 10.2 Å². The van der Waals surface area contributed by atoms with E-state index in [4.69, 9.17) is 4.74 Å². The number of fused-ring (bicyclic) bond motifs is 1. The molecule has 25 heavy (non-hydrogen) atoms. The number of carbonyl (C=O) groups excluding carboxylic acids is 1. The summed E-state index contributed by atoms with van der Waals surface area (Å²) < 4.78 is 6.61. The van der Waals surface area contributed by atoms with E-state index in [0.29, 0.717) is 16.5 Å². The van der Waals surface area contributed by atoms with Crippen molar-refractivity contribution < 1.29 is 9.53 Å². The average molecular weight is 336 g/mol. The second-order valence-corrected chi connectivity index (χ2v) is 6.99. The van der Waals surface area contributed by atoms with Crippen LogP contribution in [-0.2, 0) is 12.5 Å². The zero-order chi connectivity index (χ0) is 18.2. The van der Waals surface area contributed by atoms with Crippen molar-refractivity contribution in [1.82, 2.24) is 9.78 Å². The van der Waals surface area contributed by atoms with Gasteiger partial charge in [0.1, 0.15) is 5.75 Å². The van der Waals surface area contributed by atoms with Crippen LogP contribution in [0.5, 0.6) is 5.75 Å². The van der Waals surface area contributed by atoms with Gasteiger partial charge in [-0.1, -0.05) is 51.1 Å². The molecule has 1 heterocycles. The Morgan fingerprint density at radius 1 is 1.00 bits per heavy atom. The normalized spacial score (nSPS) is 11.5. The van der Waals surface area contributed by atoms with E-state index >= 15 is 0 Å². The third-order valence-corrected chi connectivity index (χ3v) is 4.08. The summed E-state index contributed by atoms with van der Waals surface area (Å²) in [6, 6.07) is 14.3. The summed E-state index contributed by atoms with van der Waals surface area (Å²) in [5.41, 5.74) is 1.05. The average Bonchev–Trinajstić information content (AvgIpc) is 2.57. The molecule has 0 amide bonds. The van der Waals surface area contributed by atoms with Gasteiger partial charge in [-0.2, -0.15) is 5.10 Å². The molecule has 0 bridgehead atoms. The highest BCUT2D eigenvalue weighted by Crippen LogP contribution is 2.25. The molecule has 0 radical (unpaired) electrons. The lowest BCUT2D eigenvalue weighted by Gasteiger charge is -2.19. The molecule has 1 aromatic heterocycles. The summed E-state index contributed by atoms with van der Waals surface area (Å²) in [5, 5.41) is 5.01. The lowest BCUT2D eigenvalue weighted by Crippen LogP contribution is -2.24. The first-order chi connectivity index (χ1) is 11.8. The molecule has 3 rings (SSSR count). The maximum absolute atomic E-state index is 12.6. The van der Waals surface area contributed by atoms with Crippen molar-refractivity contribution in [2.75, 3.05) is 0 Å². The molecule has 2 aromatic carbocycles.